The van der Waals surface area contributed by atoms with E-state index in [1.807, 2.05) is 0 Å². The fourth-order valence-electron chi connectivity index (χ4n) is 4.14. The number of hydrogen-bond donors (Lipinski definition) is 1. The monoisotopic (exact) mass is 264 g/mol. The van der Waals surface area contributed by atoms with Crippen LogP contribution in [0.15, 0.2) is 24.3 Å². The van der Waals surface area contributed by atoms with Crippen LogP contribution in [0.1, 0.15) is 46.5 Å². The molecule has 0 spiro atoms. The Labute approximate surface area is 117 Å². The quantitative estimate of drug-likeness (QED) is 0.784. The Balaban J connectivity index is 2.25. The first-order chi connectivity index (χ1) is 8.99. The molecule has 0 aliphatic heterocycles. The minimum absolute atomic E-state index is 0.149. The zero-order chi connectivity index (χ0) is 14.0. The summed E-state index contributed by atoms with van der Waals surface area (Å²) in [6, 6.07) is 0. The smallest absolute Gasteiger partial charge is 0.0763 e. The summed E-state index contributed by atoms with van der Waals surface area (Å²) in [6.45, 7) is 11.2. The molecule has 0 unspecified atom stereocenters. The highest BCUT2D eigenvalue weighted by atomic mass is 16.5. The highest BCUT2D eigenvalue weighted by Crippen LogP contribution is 2.54. The summed E-state index contributed by atoms with van der Waals surface area (Å²) in [5.74, 6) is 1.21. The van der Waals surface area contributed by atoms with Crippen LogP contribution in [0.5, 0.6) is 0 Å². The van der Waals surface area contributed by atoms with Crippen LogP contribution in [-0.2, 0) is 4.74 Å². The van der Waals surface area contributed by atoms with Gasteiger partial charge in [-0.1, -0.05) is 32.9 Å². The van der Waals surface area contributed by atoms with Gasteiger partial charge in [0.05, 0.1) is 18.8 Å². The van der Waals surface area contributed by atoms with Gasteiger partial charge in [0.15, 0.2) is 0 Å². The van der Waals surface area contributed by atoms with Crippen LogP contribution < -0.4 is 0 Å². The van der Waals surface area contributed by atoms with E-state index in [4.69, 9.17) is 4.74 Å². The molecule has 2 nitrogen and oxygen atoms in total. The second-order valence-corrected chi connectivity index (χ2v) is 6.69. The van der Waals surface area contributed by atoms with Gasteiger partial charge in [0, 0.05) is 0 Å². The third-order valence-electron chi connectivity index (χ3n) is 5.10. The standard InChI is InChI=1S/C17H28O2/c1-5-9-19-13-7-6-8-17(4)14(12(2)3)11-16(18)15(17)10-13/h5,10,12-14,16,18H,1,6-9,11H2,2-4H3/t13-,14-,16+,17-/m1/s1. The van der Waals surface area contributed by atoms with E-state index in [1.165, 1.54) is 18.4 Å². The molecule has 2 rings (SSSR count). The first kappa shape index (κ1) is 14.8. The van der Waals surface area contributed by atoms with Gasteiger partial charge in [0.25, 0.3) is 0 Å². The summed E-state index contributed by atoms with van der Waals surface area (Å²) in [5, 5.41) is 10.4. The zero-order valence-electron chi connectivity index (χ0n) is 12.6. The first-order valence-electron chi connectivity index (χ1n) is 7.61. The molecule has 0 bridgehead atoms. The Bertz CT molecular complexity index is 358. The van der Waals surface area contributed by atoms with Gasteiger partial charge < -0.3 is 9.84 Å². The van der Waals surface area contributed by atoms with E-state index >= 15 is 0 Å². The van der Waals surface area contributed by atoms with E-state index in [1.54, 1.807) is 6.08 Å². The van der Waals surface area contributed by atoms with Crippen molar-refractivity contribution in [2.45, 2.75) is 58.7 Å². The van der Waals surface area contributed by atoms with Crippen LogP contribution in [0.25, 0.3) is 0 Å². The Morgan fingerprint density at radius 3 is 2.95 bits per heavy atom. The van der Waals surface area contributed by atoms with Crippen LogP contribution >= 0.6 is 0 Å². The van der Waals surface area contributed by atoms with Gasteiger partial charge in [-0.15, -0.1) is 6.58 Å². The van der Waals surface area contributed by atoms with Gasteiger partial charge >= 0.3 is 0 Å². The number of rotatable bonds is 4. The maximum Gasteiger partial charge on any atom is 0.0763 e. The molecule has 19 heavy (non-hydrogen) atoms. The summed E-state index contributed by atoms with van der Waals surface area (Å²) >= 11 is 0. The average Bonchev–Trinajstić information content (AvgIpc) is 2.51. The maximum absolute atomic E-state index is 10.4. The van der Waals surface area contributed by atoms with Crippen molar-refractivity contribution < 1.29 is 9.84 Å². The van der Waals surface area contributed by atoms with Crippen molar-refractivity contribution in [3.63, 3.8) is 0 Å². The molecule has 1 saturated carbocycles. The normalized spacial score (nSPS) is 38.8. The van der Waals surface area contributed by atoms with Crippen molar-refractivity contribution in [2.75, 3.05) is 6.61 Å². The van der Waals surface area contributed by atoms with E-state index in [2.05, 4.69) is 33.4 Å². The van der Waals surface area contributed by atoms with Crippen molar-refractivity contribution in [3.05, 3.63) is 24.3 Å². The van der Waals surface area contributed by atoms with Crippen molar-refractivity contribution >= 4 is 0 Å². The third kappa shape index (κ3) is 2.80. The minimum Gasteiger partial charge on any atom is -0.389 e. The van der Waals surface area contributed by atoms with Gasteiger partial charge in [-0.05, 0) is 48.5 Å². The lowest BCUT2D eigenvalue weighted by atomic mass is 9.70. The van der Waals surface area contributed by atoms with E-state index in [9.17, 15) is 5.11 Å². The van der Waals surface area contributed by atoms with E-state index < -0.39 is 0 Å². The van der Waals surface area contributed by atoms with Crippen LogP contribution in [0.2, 0.25) is 0 Å². The molecule has 1 fully saturated rings. The summed E-state index contributed by atoms with van der Waals surface area (Å²) in [4.78, 5) is 0. The van der Waals surface area contributed by atoms with Crippen LogP contribution in [0, 0.1) is 17.3 Å². The lowest BCUT2D eigenvalue weighted by Gasteiger charge is -2.34. The van der Waals surface area contributed by atoms with Crippen molar-refractivity contribution in [2.24, 2.45) is 17.3 Å². The first-order valence-corrected chi connectivity index (χ1v) is 7.61. The Morgan fingerprint density at radius 2 is 2.32 bits per heavy atom. The molecular weight excluding hydrogens is 236 g/mol. The summed E-state index contributed by atoms with van der Waals surface area (Å²) in [7, 11) is 0. The molecule has 0 heterocycles. The van der Waals surface area contributed by atoms with Crippen molar-refractivity contribution in [3.8, 4) is 0 Å². The molecule has 1 N–H and O–H groups in total. The summed E-state index contributed by atoms with van der Waals surface area (Å²) < 4.78 is 5.80. The second kappa shape index (κ2) is 5.80. The molecule has 0 aromatic rings. The molecule has 0 amide bonds. The zero-order valence-corrected chi connectivity index (χ0v) is 12.6. The highest BCUT2D eigenvalue weighted by Gasteiger charge is 2.49. The number of fused-ring (bicyclic) bond motifs is 1. The second-order valence-electron chi connectivity index (χ2n) is 6.69. The molecule has 0 aromatic heterocycles. The van der Waals surface area contributed by atoms with Gasteiger partial charge in [-0.2, -0.15) is 0 Å². The van der Waals surface area contributed by atoms with Crippen LogP contribution in [-0.4, -0.2) is 23.9 Å². The van der Waals surface area contributed by atoms with Crippen molar-refractivity contribution in [1.82, 2.24) is 0 Å². The minimum atomic E-state index is -0.273. The molecule has 4 atom stereocenters. The Kier molecular flexibility index (Phi) is 4.52. The van der Waals surface area contributed by atoms with E-state index in [0.29, 0.717) is 18.4 Å². The molecule has 0 saturated heterocycles. The number of aliphatic hydroxyl groups excluding tert-OH is 1. The third-order valence-corrected chi connectivity index (χ3v) is 5.10. The van der Waals surface area contributed by atoms with Gasteiger partial charge in [-0.3, -0.25) is 0 Å². The Hall–Kier alpha value is -0.600. The van der Waals surface area contributed by atoms with Gasteiger partial charge in [0.2, 0.25) is 0 Å². The van der Waals surface area contributed by atoms with Gasteiger partial charge in [0.1, 0.15) is 0 Å². The summed E-state index contributed by atoms with van der Waals surface area (Å²) in [6.07, 6.45) is 8.20. The largest absolute Gasteiger partial charge is 0.389 e. The molecular formula is C17H28O2. The molecule has 0 radical (unpaired) electrons. The lowest BCUT2D eigenvalue weighted by molar-refractivity contribution is 0.0989. The number of ether oxygens (including phenoxy) is 1. The van der Waals surface area contributed by atoms with Crippen molar-refractivity contribution in [1.29, 1.82) is 0 Å². The number of hydrogen-bond acceptors (Lipinski definition) is 2. The molecule has 108 valence electrons. The molecule has 0 aromatic carbocycles. The number of aliphatic hydroxyl groups is 1. The van der Waals surface area contributed by atoms with Crippen LogP contribution in [0.4, 0.5) is 0 Å². The fourth-order valence-corrected chi connectivity index (χ4v) is 4.14. The maximum atomic E-state index is 10.4. The lowest BCUT2D eigenvalue weighted by Crippen LogP contribution is -2.27. The average molecular weight is 264 g/mol. The predicted molar refractivity (Wildman–Crippen MR) is 78.9 cm³/mol. The topological polar surface area (TPSA) is 29.5 Å². The predicted octanol–water partition coefficient (Wildman–Crippen LogP) is 3.71. The molecule has 2 aliphatic rings. The Morgan fingerprint density at radius 1 is 1.58 bits per heavy atom. The molecule has 2 aliphatic carbocycles. The summed E-state index contributed by atoms with van der Waals surface area (Å²) in [5.41, 5.74) is 1.40. The van der Waals surface area contributed by atoms with Crippen LogP contribution in [0.3, 0.4) is 0 Å². The SMILES string of the molecule is C=CCO[C@H]1C=C2[C@@H](O)C[C@H](C(C)C)[C@@]2(C)CCC1. The van der Waals surface area contributed by atoms with E-state index in [-0.39, 0.29) is 17.6 Å². The highest BCUT2D eigenvalue weighted by molar-refractivity contribution is 5.28. The van der Waals surface area contributed by atoms with E-state index in [0.717, 1.165) is 12.8 Å². The fraction of sp³-hybridized carbons (Fsp3) is 0.765. The molecule has 2 heteroatoms. The van der Waals surface area contributed by atoms with Gasteiger partial charge in [-0.25, -0.2) is 0 Å².